The van der Waals surface area contributed by atoms with Gasteiger partial charge in [0.15, 0.2) is 0 Å². The second-order valence-electron chi connectivity index (χ2n) is 7.92. The Morgan fingerprint density at radius 3 is 2.53 bits per heavy atom. The minimum atomic E-state index is -0.745. The molecule has 3 aromatic rings. The Bertz CT molecular complexity index is 1180. The second-order valence-corrected chi connectivity index (χ2v) is 7.92. The topological polar surface area (TPSA) is 89.0 Å². The number of aromatic nitrogens is 1. The molecule has 1 unspecified atom stereocenters. The summed E-state index contributed by atoms with van der Waals surface area (Å²) >= 11 is 0. The number of ketones is 1. The standard InChI is InChI=1S/C27H26N2O5/c1-33-16-6-15-29-24(23(26(31)27(29)32)25(30)20-11-13-28-14-12-20)21-9-5-10-22(17-21)34-18-19-7-3-2-4-8-19/h2-5,7-14,17,24,30H,6,15-16,18H2,1H3. The number of Topliss-reactive ketones (excluding diaryl/α,β-unsaturated/α-hetero) is 1. The van der Waals surface area contributed by atoms with E-state index in [1.165, 1.54) is 17.3 Å². The number of aliphatic hydroxyl groups is 1. The first-order valence-electron chi connectivity index (χ1n) is 11.0. The first-order valence-corrected chi connectivity index (χ1v) is 11.0. The van der Waals surface area contributed by atoms with Gasteiger partial charge in [0.05, 0.1) is 11.6 Å². The lowest BCUT2D eigenvalue weighted by molar-refractivity contribution is -0.140. The predicted molar refractivity (Wildman–Crippen MR) is 127 cm³/mol. The molecule has 7 nitrogen and oxygen atoms in total. The zero-order valence-electron chi connectivity index (χ0n) is 18.9. The van der Waals surface area contributed by atoms with E-state index in [1.54, 1.807) is 19.2 Å². The Balaban J connectivity index is 1.71. The van der Waals surface area contributed by atoms with Gasteiger partial charge in [-0.2, -0.15) is 0 Å². The van der Waals surface area contributed by atoms with E-state index in [0.29, 0.717) is 43.1 Å². The summed E-state index contributed by atoms with van der Waals surface area (Å²) in [5.41, 5.74) is 2.18. The van der Waals surface area contributed by atoms with Gasteiger partial charge in [0.2, 0.25) is 0 Å². The van der Waals surface area contributed by atoms with E-state index in [0.717, 1.165) is 5.56 Å². The Morgan fingerprint density at radius 2 is 1.79 bits per heavy atom. The van der Waals surface area contributed by atoms with Crippen molar-refractivity contribution in [1.29, 1.82) is 0 Å². The molecule has 0 aliphatic carbocycles. The molecule has 1 amide bonds. The van der Waals surface area contributed by atoms with Crippen molar-refractivity contribution in [2.75, 3.05) is 20.3 Å². The lowest BCUT2D eigenvalue weighted by Crippen LogP contribution is -2.31. The maximum atomic E-state index is 13.1. The van der Waals surface area contributed by atoms with E-state index in [-0.39, 0.29) is 11.3 Å². The third-order valence-electron chi connectivity index (χ3n) is 5.66. The molecule has 34 heavy (non-hydrogen) atoms. The summed E-state index contributed by atoms with van der Waals surface area (Å²) in [7, 11) is 1.59. The number of carbonyl (C=O) groups excluding carboxylic acids is 2. The van der Waals surface area contributed by atoms with Crippen LogP contribution in [0.1, 0.15) is 29.2 Å². The van der Waals surface area contributed by atoms with Crippen LogP contribution in [0.4, 0.5) is 0 Å². The minimum absolute atomic E-state index is 0.0498. The maximum absolute atomic E-state index is 13.1. The molecule has 2 aromatic carbocycles. The molecule has 0 bridgehead atoms. The normalized spacial score (nSPS) is 17.2. The molecule has 1 saturated heterocycles. The van der Waals surface area contributed by atoms with Crippen LogP contribution in [-0.4, -0.2) is 46.9 Å². The largest absolute Gasteiger partial charge is 0.507 e. The summed E-state index contributed by atoms with van der Waals surface area (Å²) in [4.78, 5) is 31.5. The molecule has 0 saturated carbocycles. The number of hydrogen-bond donors (Lipinski definition) is 1. The Morgan fingerprint density at radius 1 is 1.03 bits per heavy atom. The van der Waals surface area contributed by atoms with Gasteiger partial charge < -0.3 is 19.5 Å². The van der Waals surface area contributed by atoms with Crippen LogP contribution in [0.3, 0.4) is 0 Å². The fraction of sp³-hybridized carbons (Fsp3) is 0.222. The molecule has 4 rings (SSSR count). The first-order chi connectivity index (χ1) is 16.6. The number of likely N-dealkylation sites (tertiary alicyclic amines) is 1. The van der Waals surface area contributed by atoms with E-state index in [9.17, 15) is 14.7 Å². The van der Waals surface area contributed by atoms with Crippen LogP contribution in [-0.2, 0) is 20.9 Å². The highest BCUT2D eigenvalue weighted by Crippen LogP contribution is 2.40. The fourth-order valence-electron chi connectivity index (χ4n) is 4.02. The van der Waals surface area contributed by atoms with Crippen LogP contribution < -0.4 is 4.74 Å². The number of hydrogen-bond acceptors (Lipinski definition) is 6. The summed E-state index contributed by atoms with van der Waals surface area (Å²) in [5, 5.41) is 11.0. The number of nitrogens with zero attached hydrogens (tertiary/aromatic N) is 2. The van der Waals surface area contributed by atoms with Crippen molar-refractivity contribution < 1.29 is 24.2 Å². The molecular formula is C27H26N2O5. The number of ether oxygens (including phenoxy) is 2. The lowest BCUT2D eigenvalue weighted by Gasteiger charge is -2.25. The molecule has 7 heteroatoms. The van der Waals surface area contributed by atoms with E-state index >= 15 is 0 Å². The summed E-state index contributed by atoms with van der Waals surface area (Å²) < 4.78 is 11.1. The Hall–Kier alpha value is -3.97. The Labute approximate surface area is 198 Å². The molecule has 0 radical (unpaired) electrons. The van der Waals surface area contributed by atoms with Gasteiger partial charge >= 0.3 is 0 Å². The molecule has 2 heterocycles. The average Bonchev–Trinajstić information content (AvgIpc) is 3.13. The number of carbonyl (C=O) groups is 2. The monoisotopic (exact) mass is 458 g/mol. The molecule has 1 fully saturated rings. The summed E-state index contributed by atoms with van der Waals surface area (Å²) in [6.07, 6.45) is 3.60. The van der Waals surface area contributed by atoms with Crippen LogP contribution in [0.2, 0.25) is 0 Å². The van der Waals surface area contributed by atoms with Crippen molar-refractivity contribution in [2.24, 2.45) is 0 Å². The van der Waals surface area contributed by atoms with Gasteiger partial charge in [-0.1, -0.05) is 42.5 Å². The van der Waals surface area contributed by atoms with E-state index in [4.69, 9.17) is 9.47 Å². The van der Waals surface area contributed by atoms with E-state index in [2.05, 4.69) is 4.98 Å². The summed E-state index contributed by atoms with van der Waals surface area (Å²) in [6.45, 7) is 1.14. The molecule has 1 N–H and O–H groups in total. The number of benzene rings is 2. The van der Waals surface area contributed by atoms with Gasteiger partial charge in [0, 0.05) is 38.2 Å². The van der Waals surface area contributed by atoms with Crippen molar-refractivity contribution in [2.45, 2.75) is 19.1 Å². The SMILES string of the molecule is COCCCN1C(=O)C(=O)C(=C(O)c2ccncc2)C1c1cccc(OCc2ccccc2)c1. The molecule has 1 aromatic heterocycles. The average molecular weight is 459 g/mol. The molecule has 1 aliphatic rings. The van der Waals surface area contributed by atoms with Crippen LogP contribution in [0.25, 0.3) is 5.76 Å². The third kappa shape index (κ3) is 5.00. The summed E-state index contributed by atoms with van der Waals surface area (Å²) in [6, 6.07) is 19.5. The fourth-order valence-corrected chi connectivity index (χ4v) is 4.02. The number of aliphatic hydroxyl groups excluding tert-OH is 1. The van der Waals surface area contributed by atoms with Crippen molar-refractivity contribution in [1.82, 2.24) is 9.88 Å². The molecule has 174 valence electrons. The van der Waals surface area contributed by atoms with Crippen LogP contribution >= 0.6 is 0 Å². The highest BCUT2D eigenvalue weighted by molar-refractivity contribution is 6.46. The molecular weight excluding hydrogens is 432 g/mol. The lowest BCUT2D eigenvalue weighted by atomic mass is 9.95. The number of amides is 1. The smallest absolute Gasteiger partial charge is 0.295 e. The van der Waals surface area contributed by atoms with Gasteiger partial charge in [-0.15, -0.1) is 0 Å². The van der Waals surface area contributed by atoms with Crippen molar-refractivity contribution in [3.8, 4) is 5.75 Å². The quantitative estimate of drug-likeness (QED) is 0.225. The number of pyridine rings is 1. The predicted octanol–water partition coefficient (Wildman–Crippen LogP) is 4.12. The highest BCUT2D eigenvalue weighted by atomic mass is 16.5. The maximum Gasteiger partial charge on any atom is 0.295 e. The van der Waals surface area contributed by atoms with Gasteiger partial charge in [-0.3, -0.25) is 14.6 Å². The van der Waals surface area contributed by atoms with E-state index < -0.39 is 17.7 Å². The highest BCUT2D eigenvalue weighted by Gasteiger charge is 2.45. The molecule has 1 atom stereocenters. The minimum Gasteiger partial charge on any atom is -0.507 e. The second kappa shape index (κ2) is 10.8. The number of methoxy groups -OCH3 is 1. The van der Waals surface area contributed by atoms with Gasteiger partial charge in [-0.25, -0.2) is 0 Å². The number of rotatable bonds is 9. The van der Waals surface area contributed by atoms with Crippen LogP contribution in [0.15, 0.2) is 84.7 Å². The molecule has 1 aliphatic heterocycles. The third-order valence-corrected chi connectivity index (χ3v) is 5.66. The first kappa shape index (κ1) is 23.2. The Kier molecular flexibility index (Phi) is 7.34. The van der Waals surface area contributed by atoms with Crippen molar-refractivity contribution in [3.63, 3.8) is 0 Å². The van der Waals surface area contributed by atoms with Crippen molar-refractivity contribution >= 4 is 17.4 Å². The van der Waals surface area contributed by atoms with Crippen LogP contribution in [0.5, 0.6) is 5.75 Å². The van der Waals surface area contributed by atoms with Gasteiger partial charge in [0.25, 0.3) is 11.7 Å². The van der Waals surface area contributed by atoms with Gasteiger partial charge in [0.1, 0.15) is 18.1 Å². The zero-order chi connectivity index (χ0) is 23.9. The van der Waals surface area contributed by atoms with Crippen LogP contribution in [0, 0.1) is 0 Å². The molecule has 0 spiro atoms. The van der Waals surface area contributed by atoms with E-state index in [1.807, 2.05) is 54.6 Å². The van der Waals surface area contributed by atoms with Gasteiger partial charge in [-0.05, 0) is 41.8 Å². The zero-order valence-corrected chi connectivity index (χ0v) is 18.9. The van der Waals surface area contributed by atoms with Crippen molar-refractivity contribution in [3.05, 3.63) is 101 Å². The summed E-state index contributed by atoms with van der Waals surface area (Å²) in [5.74, 6) is -0.983.